The van der Waals surface area contributed by atoms with E-state index in [0.717, 1.165) is 25.0 Å². The highest BCUT2D eigenvalue weighted by molar-refractivity contribution is 5.72. The predicted molar refractivity (Wildman–Crippen MR) is 65.5 cm³/mol. The van der Waals surface area contributed by atoms with E-state index in [9.17, 15) is 4.79 Å². The first-order chi connectivity index (χ1) is 8.08. The number of carbonyl (C=O) groups excluding carboxylic acids is 1. The van der Waals surface area contributed by atoms with Gasteiger partial charge in [-0.1, -0.05) is 19.9 Å². The Morgan fingerprint density at radius 3 is 2.94 bits per heavy atom. The summed E-state index contributed by atoms with van der Waals surface area (Å²) >= 11 is 0. The van der Waals surface area contributed by atoms with E-state index in [0.29, 0.717) is 0 Å². The second kappa shape index (κ2) is 4.86. The van der Waals surface area contributed by atoms with Crippen LogP contribution in [0.25, 0.3) is 0 Å². The minimum absolute atomic E-state index is 0.0683. The zero-order valence-corrected chi connectivity index (χ0v) is 10.5. The van der Waals surface area contributed by atoms with Gasteiger partial charge in [0.2, 0.25) is 0 Å². The maximum atomic E-state index is 11.8. The third-order valence-corrected chi connectivity index (χ3v) is 3.48. The van der Waals surface area contributed by atoms with Crippen molar-refractivity contribution in [2.75, 3.05) is 0 Å². The minimum atomic E-state index is -0.163. The van der Waals surface area contributed by atoms with Crippen molar-refractivity contribution in [3.8, 4) is 0 Å². The van der Waals surface area contributed by atoms with E-state index in [1.165, 1.54) is 0 Å². The van der Waals surface area contributed by atoms with Crippen LogP contribution < -0.4 is 0 Å². The zero-order valence-electron chi connectivity index (χ0n) is 10.5. The third kappa shape index (κ3) is 3.05. The molecular formula is C14H19NO2. The molecule has 0 unspecified atom stereocenters. The number of ether oxygens (including phenoxy) is 1. The van der Waals surface area contributed by atoms with Crippen molar-refractivity contribution < 1.29 is 9.53 Å². The van der Waals surface area contributed by atoms with Gasteiger partial charge in [0, 0.05) is 11.6 Å². The van der Waals surface area contributed by atoms with Crippen molar-refractivity contribution in [2.24, 2.45) is 5.41 Å². The first kappa shape index (κ1) is 12.1. The van der Waals surface area contributed by atoms with Crippen LogP contribution in [0.3, 0.4) is 0 Å². The van der Waals surface area contributed by atoms with Crippen molar-refractivity contribution in [1.29, 1.82) is 0 Å². The highest BCUT2D eigenvalue weighted by atomic mass is 16.5. The minimum Gasteiger partial charge on any atom is -0.462 e. The molecular weight excluding hydrogens is 214 g/mol. The van der Waals surface area contributed by atoms with E-state index >= 15 is 0 Å². The molecule has 1 saturated carbocycles. The maximum absolute atomic E-state index is 11.8. The lowest BCUT2D eigenvalue weighted by Gasteiger charge is -2.26. The van der Waals surface area contributed by atoms with Gasteiger partial charge in [0.1, 0.15) is 6.10 Å². The van der Waals surface area contributed by atoms with Gasteiger partial charge in [-0.25, -0.2) is 0 Å². The van der Waals surface area contributed by atoms with Crippen LogP contribution in [-0.4, -0.2) is 17.1 Å². The molecule has 92 valence electrons. The molecule has 3 nitrogen and oxygen atoms in total. The molecule has 0 saturated heterocycles. The Morgan fingerprint density at radius 1 is 1.53 bits per heavy atom. The molecule has 0 aromatic carbocycles. The van der Waals surface area contributed by atoms with E-state index in [-0.39, 0.29) is 23.9 Å². The average Bonchev–Trinajstić information content (AvgIpc) is 2.59. The van der Waals surface area contributed by atoms with Gasteiger partial charge in [-0.15, -0.1) is 0 Å². The number of carbonyl (C=O) groups is 1. The molecule has 1 heterocycles. The van der Waals surface area contributed by atoms with Gasteiger partial charge < -0.3 is 4.74 Å². The Morgan fingerprint density at radius 2 is 2.35 bits per heavy atom. The standard InChI is InChI=1S/C14H19NO2/c1-14(2)8-5-7-12(14)17-13(16)10-11-6-3-4-9-15-11/h3-4,6,9,12H,5,7-8,10H2,1-2H3/t12-/m1/s1. The smallest absolute Gasteiger partial charge is 0.312 e. The second-order valence-electron chi connectivity index (χ2n) is 5.36. The molecule has 1 aliphatic rings. The summed E-state index contributed by atoms with van der Waals surface area (Å²) in [4.78, 5) is 15.9. The number of nitrogens with zero attached hydrogens (tertiary/aromatic N) is 1. The van der Waals surface area contributed by atoms with Gasteiger partial charge in [-0.2, -0.15) is 0 Å². The zero-order chi connectivity index (χ0) is 12.3. The lowest BCUT2D eigenvalue weighted by Crippen LogP contribution is -2.29. The molecule has 0 spiro atoms. The van der Waals surface area contributed by atoms with E-state index in [4.69, 9.17) is 4.74 Å². The number of hydrogen-bond acceptors (Lipinski definition) is 3. The largest absolute Gasteiger partial charge is 0.462 e. The second-order valence-corrected chi connectivity index (χ2v) is 5.36. The van der Waals surface area contributed by atoms with Crippen LogP contribution in [0.5, 0.6) is 0 Å². The fourth-order valence-corrected chi connectivity index (χ4v) is 2.36. The normalized spacial score (nSPS) is 22.4. The van der Waals surface area contributed by atoms with Crippen LogP contribution in [0.4, 0.5) is 0 Å². The summed E-state index contributed by atoms with van der Waals surface area (Å²) < 4.78 is 5.55. The molecule has 0 bridgehead atoms. The summed E-state index contributed by atoms with van der Waals surface area (Å²) in [5.74, 6) is -0.163. The van der Waals surface area contributed by atoms with Crippen molar-refractivity contribution in [1.82, 2.24) is 4.98 Å². The number of hydrogen-bond donors (Lipinski definition) is 0. The Balaban J connectivity index is 1.90. The Kier molecular flexibility index (Phi) is 3.46. The predicted octanol–water partition coefficient (Wildman–Crippen LogP) is 2.75. The van der Waals surface area contributed by atoms with E-state index in [2.05, 4.69) is 18.8 Å². The summed E-state index contributed by atoms with van der Waals surface area (Å²) in [6.45, 7) is 4.33. The molecule has 1 aliphatic carbocycles. The first-order valence-electron chi connectivity index (χ1n) is 6.17. The van der Waals surface area contributed by atoms with Crippen LogP contribution in [0.15, 0.2) is 24.4 Å². The van der Waals surface area contributed by atoms with Gasteiger partial charge >= 0.3 is 5.97 Å². The summed E-state index contributed by atoms with van der Waals surface area (Å²) in [6, 6.07) is 5.57. The topological polar surface area (TPSA) is 39.2 Å². The van der Waals surface area contributed by atoms with Crippen molar-refractivity contribution in [3.63, 3.8) is 0 Å². The average molecular weight is 233 g/mol. The number of rotatable bonds is 3. The highest BCUT2D eigenvalue weighted by Crippen LogP contribution is 2.39. The first-order valence-corrected chi connectivity index (χ1v) is 6.17. The van der Waals surface area contributed by atoms with Crippen LogP contribution >= 0.6 is 0 Å². The summed E-state index contributed by atoms with van der Waals surface area (Å²) in [5.41, 5.74) is 0.896. The lowest BCUT2D eigenvalue weighted by molar-refractivity contribution is -0.152. The Labute approximate surface area is 102 Å². The lowest BCUT2D eigenvalue weighted by atomic mass is 9.89. The van der Waals surface area contributed by atoms with Crippen molar-refractivity contribution in [2.45, 2.75) is 45.6 Å². The molecule has 0 aliphatic heterocycles. The Bertz CT molecular complexity index is 386. The molecule has 2 rings (SSSR count). The van der Waals surface area contributed by atoms with E-state index < -0.39 is 0 Å². The molecule has 3 heteroatoms. The number of pyridine rings is 1. The van der Waals surface area contributed by atoms with Gasteiger partial charge in [0.15, 0.2) is 0 Å². The molecule has 1 fully saturated rings. The summed E-state index contributed by atoms with van der Waals surface area (Å²) in [5, 5.41) is 0. The number of aromatic nitrogens is 1. The van der Waals surface area contributed by atoms with Crippen LogP contribution in [0.1, 0.15) is 38.8 Å². The molecule has 0 radical (unpaired) electrons. The summed E-state index contributed by atoms with van der Waals surface area (Å²) in [7, 11) is 0. The SMILES string of the molecule is CC1(C)CCC[C@H]1OC(=O)Cc1ccccn1. The van der Waals surface area contributed by atoms with Crippen molar-refractivity contribution >= 4 is 5.97 Å². The summed E-state index contributed by atoms with van der Waals surface area (Å²) in [6.07, 6.45) is 5.30. The van der Waals surface area contributed by atoms with Gasteiger partial charge in [-0.3, -0.25) is 9.78 Å². The van der Waals surface area contributed by atoms with Gasteiger partial charge in [-0.05, 0) is 31.4 Å². The molecule has 1 aromatic heterocycles. The molecule has 1 aromatic rings. The van der Waals surface area contributed by atoms with Gasteiger partial charge in [0.25, 0.3) is 0 Å². The molecule has 1 atom stereocenters. The molecule has 17 heavy (non-hydrogen) atoms. The van der Waals surface area contributed by atoms with E-state index in [1.807, 2.05) is 18.2 Å². The highest BCUT2D eigenvalue weighted by Gasteiger charge is 2.37. The fourth-order valence-electron chi connectivity index (χ4n) is 2.36. The molecule has 0 N–H and O–H groups in total. The van der Waals surface area contributed by atoms with Crippen molar-refractivity contribution in [3.05, 3.63) is 30.1 Å². The third-order valence-electron chi connectivity index (χ3n) is 3.48. The van der Waals surface area contributed by atoms with Crippen LogP contribution in [0, 0.1) is 5.41 Å². The van der Waals surface area contributed by atoms with Crippen LogP contribution in [0.2, 0.25) is 0 Å². The monoisotopic (exact) mass is 233 g/mol. The quantitative estimate of drug-likeness (QED) is 0.753. The van der Waals surface area contributed by atoms with Crippen LogP contribution in [-0.2, 0) is 16.0 Å². The van der Waals surface area contributed by atoms with Gasteiger partial charge in [0.05, 0.1) is 12.1 Å². The van der Waals surface area contributed by atoms with E-state index in [1.54, 1.807) is 6.20 Å². The fraction of sp³-hybridized carbons (Fsp3) is 0.571. The molecule has 0 amide bonds. The number of esters is 1. The maximum Gasteiger partial charge on any atom is 0.312 e. The Hall–Kier alpha value is -1.38.